The van der Waals surface area contributed by atoms with Crippen molar-refractivity contribution in [3.05, 3.63) is 21.3 Å². The molecule has 1 heterocycles. The fourth-order valence-corrected chi connectivity index (χ4v) is 1.85. The van der Waals surface area contributed by atoms with E-state index in [1.165, 1.54) is 18.4 Å². The molecular weight excluding hydrogens is 214 g/mol. The van der Waals surface area contributed by atoms with Gasteiger partial charge in [0.1, 0.15) is 7.11 Å². The molecule has 4 nitrogen and oxygen atoms in total. The molecule has 0 radical (unpaired) electrons. The van der Waals surface area contributed by atoms with E-state index in [0.717, 1.165) is 0 Å². The number of hydrogen-bond donors (Lipinski definition) is 1. The summed E-state index contributed by atoms with van der Waals surface area (Å²) in [5.41, 5.74) is -0.178. The standard InChI is InChI=1S/C7H6ClNO3S/c1-12-9-5(7(10)11)6-4(8)2-3-13-6/h2-3H,1H3,(H,10,11). The summed E-state index contributed by atoms with van der Waals surface area (Å²) in [5.74, 6) is -1.16. The van der Waals surface area contributed by atoms with Crippen molar-refractivity contribution in [3.8, 4) is 0 Å². The van der Waals surface area contributed by atoms with E-state index in [9.17, 15) is 4.79 Å². The maximum atomic E-state index is 10.7. The summed E-state index contributed by atoms with van der Waals surface area (Å²) in [6, 6.07) is 1.61. The Kier molecular flexibility index (Phi) is 3.27. The molecule has 0 aromatic carbocycles. The molecule has 1 aromatic rings. The normalized spacial score (nSPS) is 11.4. The summed E-state index contributed by atoms with van der Waals surface area (Å²) in [6.45, 7) is 0. The lowest BCUT2D eigenvalue weighted by atomic mass is 10.3. The van der Waals surface area contributed by atoms with Crippen molar-refractivity contribution in [2.75, 3.05) is 7.11 Å². The molecule has 0 fully saturated rings. The van der Waals surface area contributed by atoms with Gasteiger partial charge < -0.3 is 9.94 Å². The Balaban J connectivity index is 3.10. The summed E-state index contributed by atoms with van der Waals surface area (Å²) in [5, 5.41) is 14.2. The first-order valence-corrected chi connectivity index (χ1v) is 4.50. The lowest BCUT2D eigenvalue weighted by Gasteiger charge is -1.96. The Morgan fingerprint density at radius 3 is 2.85 bits per heavy atom. The topological polar surface area (TPSA) is 58.9 Å². The molecule has 1 rings (SSSR count). The summed E-state index contributed by atoms with van der Waals surface area (Å²) in [6.07, 6.45) is 0. The Morgan fingerprint density at radius 1 is 1.77 bits per heavy atom. The third-order valence-corrected chi connectivity index (χ3v) is 2.57. The van der Waals surface area contributed by atoms with Crippen molar-refractivity contribution in [2.24, 2.45) is 5.16 Å². The van der Waals surface area contributed by atoms with Gasteiger partial charge >= 0.3 is 5.97 Å². The maximum absolute atomic E-state index is 10.7. The zero-order valence-electron chi connectivity index (χ0n) is 6.65. The third kappa shape index (κ3) is 2.19. The van der Waals surface area contributed by atoms with E-state index in [-0.39, 0.29) is 5.71 Å². The smallest absolute Gasteiger partial charge is 0.359 e. The van der Waals surface area contributed by atoms with Crippen LogP contribution < -0.4 is 0 Å². The van der Waals surface area contributed by atoms with E-state index in [0.29, 0.717) is 9.90 Å². The molecule has 0 aliphatic carbocycles. The van der Waals surface area contributed by atoms with Gasteiger partial charge in [0.05, 0.1) is 9.90 Å². The van der Waals surface area contributed by atoms with Gasteiger partial charge in [-0.2, -0.15) is 0 Å². The third-order valence-electron chi connectivity index (χ3n) is 1.22. The van der Waals surface area contributed by atoms with Gasteiger partial charge in [-0.25, -0.2) is 4.79 Å². The van der Waals surface area contributed by atoms with Gasteiger partial charge in [0.25, 0.3) is 0 Å². The van der Waals surface area contributed by atoms with Gasteiger partial charge in [-0.1, -0.05) is 16.8 Å². The van der Waals surface area contributed by atoms with Crippen LogP contribution in [0.2, 0.25) is 5.02 Å². The van der Waals surface area contributed by atoms with Crippen LogP contribution in [0, 0.1) is 0 Å². The predicted octanol–water partition coefficient (Wildman–Crippen LogP) is 1.84. The number of rotatable bonds is 3. The molecule has 0 saturated heterocycles. The molecule has 0 aliphatic rings. The number of carbonyl (C=O) groups is 1. The van der Waals surface area contributed by atoms with Crippen LogP contribution in [0.5, 0.6) is 0 Å². The number of aliphatic carboxylic acids is 1. The number of halogens is 1. The highest BCUT2D eigenvalue weighted by atomic mass is 35.5. The molecule has 0 aliphatic heterocycles. The second kappa shape index (κ2) is 4.25. The van der Waals surface area contributed by atoms with Crippen LogP contribution in [-0.2, 0) is 9.63 Å². The monoisotopic (exact) mass is 219 g/mol. The summed E-state index contributed by atoms with van der Waals surface area (Å²) >= 11 is 6.93. The maximum Gasteiger partial charge on any atom is 0.359 e. The van der Waals surface area contributed by atoms with Crippen molar-refractivity contribution in [3.63, 3.8) is 0 Å². The van der Waals surface area contributed by atoms with E-state index in [1.54, 1.807) is 11.4 Å². The molecule has 0 saturated carbocycles. The van der Waals surface area contributed by atoms with E-state index in [1.807, 2.05) is 0 Å². The highest BCUT2D eigenvalue weighted by Gasteiger charge is 2.17. The zero-order chi connectivity index (χ0) is 9.84. The lowest BCUT2D eigenvalue weighted by molar-refractivity contribution is -0.129. The van der Waals surface area contributed by atoms with Gasteiger partial charge in [-0.15, -0.1) is 11.3 Å². The van der Waals surface area contributed by atoms with Crippen molar-refractivity contribution in [1.82, 2.24) is 0 Å². The van der Waals surface area contributed by atoms with Crippen molar-refractivity contribution < 1.29 is 14.7 Å². The first-order chi connectivity index (χ1) is 6.16. The van der Waals surface area contributed by atoms with Gasteiger partial charge in [-0.05, 0) is 11.4 Å². The second-order valence-electron chi connectivity index (χ2n) is 2.03. The molecule has 0 unspecified atom stereocenters. The minimum Gasteiger partial charge on any atom is -0.476 e. The van der Waals surface area contributed by atoms with Crippen molar-refractivity contribution in [1.29, 1.82) is 0 Å². The highest BCUT2D eigenvalue weighted by molar-refractivity contribution is 7.13. The molecule has 70 valence electrons. The molecule has 0 atom stereocenters. The fourth-order valence-electron chi connectivity index (χ4n) is 0.732. The Labute approximate surface area is 83.4 Å². The van der Waals surface area contributed by atoms with Gasteiger partial charge in [0.15, 0.2) is 0 Å². The summed E-state index contributed by atoms with van der Waals surface area (Å²) in [4.78, 5) is 15.5. The summed E-state index contributed by atoms with van der Waals surface area (Å²) < 4.78 is 0. The van der Waals surface area contributed by atoms with Crippen LogP contribution in [0.1, 0.15) is 4.88 Å². The molecule has 1 aromatic heterocycles. The number of hydrogen-bond acceptors (Lipinski definition) is 4. The average Bonchev–Trinajstić information content (AvgIpc) is 2.47. The molecule has 0 amide bonds. The van der Waals surface area contributed by atoms with Crippen LogP contribution in [0.15, 0.2) is 16.6 Å². The van der Waals surface area contributed by atoms with E-state index < -0.39 is 5.97 Å². The lowest BCUT2D eigenvalue weighted by Crippen LogP contribution is -2.13. The van der Waals surface area contributed by atoms with Gasteiger partial charge in [0.2, 0.25) is 5.71 Å². The second-order valence-corrected chi connectivity index (χ2v) is 3.35. The zero-order valence-corrected chi connectivity index (χ0v) is 8.22. The van der Waals surface area contributed by atoms with Gasteiger partial charge in [0, 0.05) is 0 Å². The Hall–Kier alpha value is -1.07. The van der Waals surface area contributed by atoms with E-state index in [4.69, 9.17) is 16.7 Å². The SMILES string of the molecule is CON=C(C(=O)O)c1sccc1Cl. The molecule has 6 heteroatoms. The number of oxime groups is 1. The molecule has 1 N–H and O–H groups in total. The summed E-state index contributed by atoms with van der Waals surface area (Å²) in [7, 11) is 1.28. The van der Waals surface area contributed by atoms with Crippen LogP contribution in [0.25, 0.3) is 0 Å². The first kappa shape index (κ1) is 10.0. The number of nitrogens with zero attached hydrogens (tertiary/aromatic N) is 1. The highest BCUT2D eigenvalue weighted by Crippen LogP contribution is 2.22. The Morgan fingerprint density at radius 2 is 2.46 bits per heavy atom. The minimum atomic E-state index is -1.16. The van der Waals surface area contributed by atoms with Crippen LogP contribution in [0.3, 0.4) is 0 Å². The number of carboxylic acids is 1. The van der Waals surface area contributed by atoms with E-state index >= 15 is 0 Å². The average molecular weight is 220 g/mol. The largest absolute Gasteiger partial charge is 0.476 e. The van der Waals surface area contributed by atoms with Crippen LogP contribution >= 0.6 is 22.9 Å². The van der Waals surface area contributed by atoms with Gasteiger partial charge in [-0.3, -0.25) is 0 Å². The van der Waals surface area contributed by atoms with Crippen molar-refractivity contribution >= 4 is 34.6 Å². The predicted molar refractivity (Wildman–Crippen MR) is 50.5 cm³/mol. The molecular formula is C7H6ClNO3S. The Bertz CT molecular complexity index is 347. The fraction of sp³-hybridized carbons (Fsp3) is 0.143. The minimum absolute atomic E-state index is 0.178. The van der Waals surface area contributed by atoms with Crippen molar-refractivity contribution in [2.45, 2.75) is 0 Å². The number of carboxylic acid groups (broad SMARTS) is 1. The number of thiophene rings is 1. The molecule has 0 bridgehead atoms. The first-order valence-electron chi connectivity index (χ1n) is 3.24. The van der Waals surface area contributed by atoms with Crippen LogP contribution in [-0.4, -0.2) is 23.9 Å². The quantitative estimate of drug-likeness (QED) is 0.623. The molecule has 13 heavy (non-hydrogen) atoms. The van der Waals surface area contributed by atoms with Crippen LogP contribution in [0.4, 0.5) is 0 Å². The van der Waals surface area contributed by atoms with E-state index in [2.05, 4.69) is 9.99 Å². The molecule has 0 spiro atoms.